The SMILES string of the molecule is CCCCCCCCCCCCCCCCCCCCCC(=O)OC[C@H](COC(=O)CCCCCCCCC(C)CC)OC(=O)CCCCCCCCCCC(C)CC. The van der Waals surface area contributed by atoms with Gasteiger partial charge in [-0.25, -0.2) is 0 Å². The summed E-state index contributed by atoms with van der Waals surface area (Å²) in [6.07, 6.45) is 46.7. The summed E-state index contributed by atoms with van der Waals surface area (Å²) >= 11 is 0. The second-order valence-corrected chi connectivity index (χ2v) is 18.6. The molecule has 0 aliphatic heterocycles. The lowest BCUT2D eigenvalue weighted by Crippen LogP contribution is -2.30. The van der Waals surface area contributed by atoms with E-state index in [1.165, 1.54) is 180 Å². The molecule has 0 amide bonds. The molecule has 0 rings (SSSR count). The van der Waals surface area contributed by atoms with Crippen molar-refractivity contribution in [2.75, 3.05) is 13.2 Å². The van der Waals surface area contributed by atoms with Crippen molar-refractivity contribution < 1.29 is 28.6 Å². The molecule has 59 heavy (non-hydrogen) atoms. The fraction of sp³-hybridized carbons (Fsp3) is 0.943. The highest BCUT2D eigenvalue weighted by atomic mass is 16.6. The maximum Gasteiger partial charge on any atom is 0.306 e. The summed E-state index contributed by atoms with van der Waals surface area (Å²) in [7, 11) is 0. The predicted molar refractivity (Wildman–Crippen MR) is 252 cm³/mol. The molecule has 0 radical (unpaired) electrons. The number of ether oxygens (including phenoxy) is 3. The zero-order valence-corrected chi connectivity index (χ0v) is 40.4. The van der Waals surface area contributed by atoms with Gasteiger partial charge in [0.05, 0.1) is 0 Å². The monoisotopic (exact) mass is 835 g/mol. The maximum absolute atomic E-state index is 12.8. The predicted octanol–water partition coefficient (Wildman–Crippen LogP) is 16.9. The second-order valence-electron chi connectivity index (χ2n) is 18.6. The highest BCUT2D eigenvalue weighted by molar-refractivity contribution is 5.71. The number of unbranched alkanes of at least 4 members (excludes halogenated alkanes) is 30. The zero-order chi connectivity index (χ0) is 43.3. The lowest BCUT2D eigenvalue weighted by molar-refractivity contribution is -0.167. The topological polar surface area (TPSA) is 78.9 Å². The third-order valence-electron chi connectivity index (χ3n) is 12.7. The highest BCUT2D eigenvalue weighted by Gasteiger charge is 2.19. The van der Waals surface area contributed by atoms with Gasteiger partial charge in [-0.1, -0.05) is 253 Å². The summed E-state index contributed by atoms with van der Waals surface area (Å²) in [6, 6.07) is 0. The van der Waals surface area contributed by atoms with Gasteiger partial charge >= 0.3 is 17.9 Å². The number of carbonyl (C=O) groups excluding carboxylic acids is 3. The largest absolute Gasteiger partial charge is 0.462 e. The van der Waals surface area contributed by atoms with Crippen LogP contribution in [-0.2, 0) is 28.6 Å². The average molecular weight is 835 g/mol. The van der Waals surface area contributed by atoms with Crippen LogP contribution in [0.3, 0.4) is 0 Å². The summed E-state index contributed by atoms with van der Waals surface area (Å²) in [4.78, 5) is 37.9. The number of carbonyl (C=O) groups is 3. The Hall–Kier alpha value is -1.59. The number of hydrogen-bond acceptors (Lipinski definition) is 6. The fourth-order valence-corrected chi connectivity index (χ4v) is 7.93. The Bertz CT molecular complexity index is 904. The molecule has 0 aromatic heterocycles. The minimum absolute atomic E-state index is 0.0648. The van der Waals surface area contributed by atoms with Crippen LogP contribution in [0.1, 0.15) is 291 Å². The molecule has 6 heteroatoms. The minimum atomic E-state index is -0.763. The first-order valence-corrected chi connectivity index (χ1v) is 26.3. The van der Waals surface area contributed by atoms with Crippen molar-refractivity contribution >= 4 is 17.9 Å². The molecule has 2 unspecified atom stereocenters. The van der Waals surface area contributed by atoms with E-state index in [9.17, 15) is 14.4 Å². The summed E-state index contributed by atoms with van der Waals surface area (Å²) in [5.74, 6) is 0.805. The first-order chi connectivity index (χ1) is 28.8. The van der Waals surface area contributed by atoms with Crippen molar-refractivity contribution in [1.82, 2.24) is 0 Å². The molecule has 6 nitrogen and oxygen atoms in total. The van der Waals surface area contributed by atoms with Crippen LogP contribution in [-0.4, -0.2) is 37.2 Å². The Kier molecular flexibility index (Phi) is 44.7. The molecule has 0 spiro atoms. The van der Waals surface area contributed by atoms with E-state index in [0.717, 1.165) is 69.6 Å². The molecule has 0 saturated carbocycles. The lowest BCUT2D eigenvalue weighted by atomic mass is 9.99. The Balaban J connectivity index is 4.25. The fourth-order valence-electron chi connectivity index (χ4n) is 7.93. The molecule has 0 fully saturated rings. The maximum atomic E-state index is 12.8. The Morgan fingerprint density at radius 3 is 0.881 bits per heavy atom. The molecule has 0 N–H and O–H groups in total. The first-order valence-electron chi connectivity index (χ1n) is 26.3. The molecule has 3 atom stereocenters. The van der Waals surface area contributed by atoms with Crippen LogP contribution in [0.2, 0.25) is 0 Å². The van der Waals surface area contributed by atoms with Crippen LogP contribution in [0, 0.1) is 11.8 Å². The van der Waals surface area contributed by atoms with Gasteiger partial charge in [0.15, 0.2) is 6.10 Å². The normalized spacial score (nSPS) is 13.0. The van der Waals surface area contributed by atoms with E-state index >= 15 is 0 Å². The van der Waals surface area contributed by atoms with Gasteiger partial charge in [0.1, 0.15) is 13.2 Å². The number of hydrogen-bond donors (Lipinski definition) is 0. The zero-order valence-electron chi connectivity index (χ0n) is 40.4. The average Bonchev–Trinajstić information content (AvgIpc) is 3.23. The molecule has 0 saturated heterocycles. The van der Waals surface area contributed by atoms with E-state index in [0.29, 0.717) is 19.3 Å². The summed E-state index contributed by atoms with van der Waals surface area (Å²) in [6.45, 7) is 11.4. The summed E-state index contributed by atoms with van der Waals surface area (Å²) in [5.41, 5.74) is 0. The van der Waals surface area contributed by atoms with E-state index in [1.54, 1.807) is 0 Å². The van der Waals surface area contributed by atoms with E-state index in [4.69, 9.17) is 14.2 Å². The molecule has 0 aromatic carbocycles. The smallest absolute Gasteiger partial charge is 0.306 e. The Morgan fingerprint density at radius 2 is 0.593 bits per heavy atom. The van der Waals surface area contributed by atoms with Crippen molar-refractivity contribution in [1.29, 1.82) is 0 Å². The van der Waals surface area contributed by atoms with Crippen LogP contribution in [0.5, 0.6) is 0 Å². The van der Waals surface area contributed by atoms with Gasteiger partial charge in [-0.2, -0.15) is 0 Å². The summed E-state index contributed by atoms with van der Waals surface area (Å²) in [5, 5.41) is 0. The van der Waals surface area contributed by atoms with Crippen molar-refractivity contribution in [2.24, 2.45) is 11.8 Å². The molecule has 0 aliphatic rings. The summed E-state index contributed by atoms with van der Waals surface area (Å²) < 4.78 is 16.8. The van der Waals surface area contributed by atoms with Crippen molar-refractivity contribution in [3.63, 3.8) is 0 Å². The first kappa shape index (κ1) is 57.4. The van der Waals surface area contributed by atoms with Gasteiger partial charge in [0.2, 0.25) is 0 Å². The van der Waals surface area contributed by atoms with Crippen LogP contribution in [0.15, 0.2) is 0 Å². The number of rotatable bonds is 47. The van der Waals surface area contributed by atoms with E-state index in [1.807, 2.05) is 0 Å². The molecular weight excluding hydrogens is 733 g/mol. The van der Waals surface area contributed by atoms with Crippen LogP contribution >= 0.6 is 0 Å². The van der Waals surface area contributed by atoms with Gasteiger partial charge in [0.25, 0.3) is 0 Å². The molecule has 0 bridgehead atoms. The van der Waals surface area contributed by atoms with E-state index in [-0.39, 0.29) is 31.1 Å². The van der Waals surface area contributed by atoms with Crippen LogP contribution in [0.25, 0.3) is 0 Å². The second kappa shape index (κ2) is 45.9. The third-order valence-corrected chi connectivity index (χ3v) is 12.7. The molecule has 350 valence electrons. The Labute approximate surface area is 368 Å². The number of esters is 3. The van der Waals surface area contributed by atoms with Crippen molar-refractivity contribution in [3.05, 3.63) is 0 Å². The highest BCUT2D eigenvalue weighted by Crippen LogP contribution is 2.18. The van der Waals surface area contributed by atoms with Gasteiger partial charge in [-0.3, -0.25) is 14.4 Å². The van der Waals surface area contributed by atoms with Crippen molar-refractivity contribution in [2.45, 2.75) is 298 Å². The molecule has 0 heterocycles. The van der Waals surface area contributed by atoms with Gasteiger partial charge in [0, 0.05) is 19.3 Å². The Morgan fingerprint density at radius 1 is 0.339 bits per heavy atom. The molecular formula is C53H102O6. The minimum Gasteiger partial charge on any atom is -0.462 e. The van der Waals surface area contributed by atoms with Gasteiger partial charge in [-0.15, -0.1) is 0 Å². The van der Waals surface area contributed by atoms with E-state index in [2.05, 4.69) is 34.6 Å². The molecule has 0 aliphatic carbocycles. The van der Waals surface area contributed by atoms with E-state index < -0.39 is 6.10 Å². The van der Waals surface area contributed by atoms with Gasteiger partial charge < -0.3 is 14.2 Å². The standard InChI is InChI=1S/C53H102O6/c1-6-9-10-11-12-13-14-15-16-17-18-19-20-21-22-23-27-33-38-43-51(54)57-46-50(47-58-52(55)44-39-34-30-29-32-37-42-49(5)8-3)59-53(56)45-40-35-28-25-24-26-31-36-41-48(4)7-2/h48-50H,6-47H2,1-5H3/t48?,49?,50-/m1/s1. The lowest BCUT2D eigenvalue weighted by Gasteiger charge is -2.18. The van der Waals surface area contributed by atoms with Crippen molar-refractivity contribution in [3.8, 4) is 0 Å². The van der Waals surface area contributed by atoms with Gasteiger partial charge in [-0.05, 0) is 31.1 Å². The van der Waals surface area contributed by atoms with Crippen LogP contribution in [0.4, 0.5) is 0 Å². The molecule has 0 aromatic rings. The van der Waals surface area contributed by atoms with Crippen LogP contribution < -0.4 is 0 Å². The quantitative estimate of drug-likeness (QED) is 0.0345. The third kappa shape index (κ3) is 44.3.